The highest BCUT2D eigenvalue weighted by Crippen LogP contribution is 2.28. The van der Waals surface area contributed by atoms with Crippen LogP contribution in [0.2, 0.25) is 0 Å². The number of rotatable bonds is 12. The molecular formula is C24H34N4O9PS2+. The molecule has 2 saturated heterocycles. The van der Waals surface area contributed by atoms with Gasteiger partial charge in [-0.05, 0) is 48.5 Å². The van der Waals surface area contributed by atoms with E-state index in [4.69, 9.17) is 18.5 Å². The number of benzene rings is 2. The van der Waals surface area contributed by atoms with Crippen molar-refractivity contribution in [1.82, 2.24) is 8.61 Å². The predicted octanol–water partition coefficient (Wildman–Crippen LogP) is 1.91. The van der Waals surface area contributed by atoms with Crippen molar-refractivity contribution in [3.05, 3.63) is 48.5 Å². The standard InChI is InChI=1S/C24H34N4O9PS2/c1-34-23-7-3-21(4-8-23)25-11-15-27(16-12-25)39(30,31)19-36-38(29)37-20-40(32,33)28-17-13-26(14-18-28)22-5-9-24(35-2)10-6-22/h3-10H,11-20H2,1-2H3/q+1. The van der Waals surface area contributed by atoms with Crippen LogP contribution in [0.5, 0.6) is 11.5 Å². The summed E-state index contributed by atoms with van der Waals surface area (Å²) < 4.78 is 85.6. The highest BCUT2D eigenvalue weighted by molar-refractivity contribution is 7.89. The fraction of sp³-hybridized carbons (Fsp3) is 0.500. The van der Waals surface area contributed by atoms with Crippen molar-refractivity contribution in [2.75, 3.05) is 88.3 Å². The van der Waals surface area contributed by atoms with E-state index in [0.717, 1.165) is 22.9 Å². The number of piperazine rings is 2. The summed E-state index contributed by atoms with van der Waals surface area (Å²) in [7, 11) is -7.54. The Morgan fingerprint density at radius 1 is 0.600 bits per heavy atom. The van der Waals surface area contributed by atoms with Crippen molar-refractivity contribution in [3.63, 3.8) is 0 Å². The smallest absolute Gasteiger partial charge is 0.497 e. The number of hydrogen-bond acceptors (Lipinski definition) is 11. The average Bonchev–Trinajstić information content (AvgIpc) is 2.99. The summed E-state index contributed by atoms with van der Waals surface area (Å²) in [5, 5.41) is 0. The molecule has 0 atom stereocenters. The van der Waals surface area contributed by atoms with E-state index < -0.39 is 40.2 Å². The Balaban J connectivity index is 1.18. The van der Waals surface area contributed by atoms with Gasteiger partial charge < -0.3 is 19.3 Å². The van der Waals surface area contributed by atoms with Crippen LogP contribution >= 0.6 is 8.25 Å². The molecule has 0 spiro atoms. The lowest BCUT2D eigenvalue weighted by atomic mass is 10.2. The Hall–Kier alpha value is -2.52. The van der Waals surface area contributed by atoms with Crippen molar-refractivity contribution < 1.29 is 39.9 Å². The monoisotopic (exact) mass is 617 g/mol. The lowest BCUT2D eigenvalue weighted by Crippen LogP contribution is -2.49. The second-order valence-electron chi connectivity index (χ2n) is 9.11. The Morgan fingerprint density at radius 2 is 0.925 bits per heavy atom. The van der Waals surface area contributed by atoms with Crippen molar-refractivity contribution in [2.24, 2.45) is 0 Å². The van der Waals surface area contributed by atoms with Gasteiger partial charge in [-0.15, -0.1) is 9.05 Å². The molecule has 0 amide bonds. The second kappa shape index (κ2) is 13.4. The van der Waals surface area contributed by atoms with Gasteiger partial charge in [-0.25, -0.2) is 16.8 Å². The van der Waals surface area contributed by atoms with Crippen molar-refractivity contribution in [1.29, 1.82) is 0 Å². The van der Waals surface area contributed by atoms with Crippen LogP contribution in [0.3, 0.4) is 0 Å². The lowest BCUT2D eigenvalue weighted by molar-refractivity contribution is 0.262. The van der Waals surface area contributed by atoms with Crippen LogP contribution in [0.25, 0.3) is 0 Å². The molecule has 0 aromatic heterocycles. The molecule has 2 fully saturated rings. The van der Waals surface area contributed by atoms with Gasteiger partial charge in [0.1, 0.15) is 11.5 Å². The fourth-order valence-electron chi connectivity index (χ4n) is 4.44. The van der Waals surface area contributed by atoms with E-state index >= 15 is 0 Å². The van der Waals surface area contributed by atoms with Gasteiger partial charge in [0.2, 0.25) is 31.9 Å². The zero-order valence-corrected chi connectivity index (χ0v) is 24.9. The van der Waals surface area contributed by atoms with E-state index in [2.05, 4.69) is 9.80 Å². The van der Waals surface area contributed by atoms with Gasteiger partial charge in [-0.2, -0.15) is 8.61 Å². The molecule has 2 aromatic rings. The quantitative estimate of drug-likeness (QED) is 0.323. The SMILES string of the molecule is COc1ccc(N2CCN(S(=O)(=O)CO[P+](=O)OCS(=O)(=O)N3CCN(c4ccc(OC)cc4)CC3)CC2)cc1. The maximum atomic E-state index is 12.7. The van der Waals surface area contributed by atoms with Gasteiger partial charge >= 0.3 is 8.25 Å². The number of anilines is 2. The van der Waals surface area contributed by atoms with Crippen molar-refractivity contribution in [2.45, 2.75) is 0 Å². The van der Waals surface area contributed by atoms with E-state index in [1.807, 2.05) is 48.5 Å². The largest absolute Gasteiger partial charge is 0.699 e. The Labute approximate surface area is 236 Å². The molecule has 40 heavy (non-hydrogen) atoms. The maximum absolute atomic E-state index is 12.7. The predicted molar refractivity (Wildman–Crippen MR) is 151 cm³/mol. The minimum Gasteiger partial charge on any atom is -0.497 e. The van der Waals surface area contributed by atoms with Gasteiger partial charge in [0.05, 0.1) is 14.2 Å². The fourth-order valence-corrected chi connectivity index (χ4v) is 8.01. The van der Waals surface area contributed by atoms with E-state index in [0.29, 0.717) is 26.2 Å². The summed E-state index contributed by atoms with van der Waals surface area (Å²) in [6.07, 6.45) is 0. The van der Waals surface area contributed by atoms with Crippen LogP contribution in [0.1, 0.15) is 0 Å². The first-order valence-corrected chi connectivity index (χ1v) is 16.9. The molecule has 0 bridgehead atoms. The molecule has 2 heterocycles. The minimum atomic E-state index is -3.88. The van der Waals surface area contributed by atoms with Crippen LogP contribution in [-0.4, -0.2) is 104 Å². The number of sulfonamides is 2. The molecule has 16 heteroatoms. The first-order chi connectivity index (χ1) is 19.1. The minimum absolute atomic E-state index is 0.228. The third-order valence-corrected chi connectivity index (χ3v) is 10.9. The molecule has 2 aliphatic rings. The third kappa shape index (κ3) is 7.81. The summed E-state index contributed by atoms with van der Waals surface area (Å²) in [6, 6.07) is 15.0. The maximum Gasteiger partial charge on any atom is 0.699 e. The van der Waals surface area contributed by atoms with Gasteiger partial charge in [0.25, 0.3) is 0 Å². The average molecular weight is 618 g/mol. The molecule has 0 saturated carbocycles. The van der Waals surface area contributed by atoms with Crippen LogP contribution < -0.4 is 19.3 Å². The molecule has 0 radical (unpaired) electrons. The number of hydrogen-bond donors (Lipinski definition) is 0. The van der Waals surface area contributed by atoms with E-state index in [-0.39, 0.29) is 26.2 Å². The molecule has 0 unspecified atom stereocenters. The Morgan fingerprint density at radius 3 is 1.23 bits per heavy atom. The van der Waals surface area contributed by atoms with E-state index in [1.54, 1.807) is 14.2 Å². The summed E-state index contributed by atoms with van der Waals surface area (Å²) >= 11 is 0. The van der Waals surface area contributed by atoms with Crippen molar-refractivity contribution in [3.8, 4) is 11.5 Å². The van der Waals surface area contributed by atoms with Crippen molar-refractivity contribution >= 4 is 39.7 Å². The normalized spacial score (nSPS) is 17.6. The Bertz CT molecular complexity index is 1240. The number of methoxy groups -OCH3 is 2. The summed E-state index contributed by atoms with van der Waals surface area (Å²) in [6.45, 7) is 2.80. The number of ether oxygens (including phenoxy) is 2. The summed E-state index contributed by atoms with van der Waals surface area (Å²) in [4.78, 5) is 4.11. The molecule has 4 rings (SSSR count). The Kier molecular flexibility index (Phi) is 10.2. The van der Waals surface area contributed by atoms with Crippen LogP contribution in [0, 0.1) is 0 Å². The molecule has 2 aromatic carbocycles. The van der Waals surface area contributed by atoms with E-state index in [1.165, 1.54) is 8.61 Å². The molecule has 2 aliphatic heterocycles. The topological polar surface area (TPSA) is 135 Å². The first kappa shape index (κ1) is 30.4. The zero-order valence-electron chi connectivity index (χ0n) is 22.4. The molecule has 0 N–H and O–H groups in total. The lowest BCUT2D eigenvalue weighted by Gasteiger charge is -2.35. The zero-order chi connectivity index (χ0) is 28.8. The van der Waals surface area contributed by atoms with Gasteiger partial charge in [0.15, 0.2) is 0 Å². The van der Waals surface area contributed by atoms with Crippen LogP contribution in [0.15, 0.2) is 48.5 Å². The number of nitrogens with zero attached hydrogens (tertiary/aromatic N) is 4. The third-order valence-electron chi connectivity index (χ3n) is 6.75. The van der Waals surface area contributed by atoms with Gasteiger partial charge in [-0.1, -0.05) is 0 Å². The molecule has 13 nitrogen and oxygen atoms in total. The van der Waals surface area contributed by atoms with Crippen LogP contribution in [0.4, 0.5) is 11.4 Å². The highest BCUT2D eigenvalue weighted by atomic mass is 32.2. The summed E-state index contributed by atoms with van der Waals surface area (Å²) in [5.74, 6) is -0.270. The molecule has 0 aliphatic carbocycles. The van der Waals surface area contributed by atoms with Crippen LogP contribution in [-0.2, 0) is 33.7 Å². The van der Waals surface area contributed by atoms with Gasteiger partial charge in [-0.3, -0.25) is 0 Å². The molecule has 220 valence electrons. The van der Waals surface area contributed by atoms with Gasteiger partial charge in [0, 0.05) is 68.3 Å². The second-order valence-corrected chi connectivity index (χ2v) is 13.9. The summed E-state index contributed by atoms with van der Waals surface area (Å²) in [5.41, 5.74) is 1.91. The highest BCUT2D eigenvalue weighted by Gasteiger charge is 2.35. The molecular weight excluding hydrogens is 583 g/mol. The van der Waals surface area contributed by atoms with E-state index in [9.17, 15) is 21.4 Å². The first-order valence-electron chi connectivity index (χ1n) is 12.6.